The smallest absolute Gasteiger partial charge is 0.127 e. The lowest BCUT2D eigenvalue weighted by Crippen LogP contribution is -2.54. The van der Waals surface area contributed by atoms with Crippen molar-refractivity contribution in [3.63, 3.8) is 0 Å². The molecular formula is C39H55NO. The highest BCUT2D eigenvalue weighted by molar-refractivity contribution is 5.88. The van der Waals surface area contributed by atoms with Gasteiger partial charge in [0.1, 0.15) is 5.75 Å². The van der Waals surface area contributed by atoms with Gasteiger partial charge in [-0.3, -0.25) is 4.90 Å². The molecule has 0 bridgehead atoms. The van der Waals surface area contributed by atoms with E-state index in [2.05, 4.69) is 113 Å². The third-order valence-corrected chi connectivity index (χ3v) is 10.7. The van der Waals surface area contributed by atoms with E-state index >= 15 is 0 Å². The number of benzene rings is 3. The van der Waals surface area contributed by atoms with Gasteiger partial charge >= 0.3 is 0 Å². The molecule has 5 rings (SSSR count). The second kappa shape index (κ2) is 13.8. The van der Waals surface area contributed by atoms with Gasteiger partial charge in [0.2, 0.25) is 0 Å². The van der Waals surface area contributed by atoms with Crippen molar-refractivity contribution in [3.8, 4) is 5.75 Å². The summed E-state index contributed by atoms with van der Waals surface area (Å²) >= 11 is 0. The Hall–Kier alpha value is -2.32. The average Bonchev–Trinajstić information content (AvgIpc) is 2.96. The molecule has 6 atom stereocenters. The van der Waals surface area contributed by atoms with Gasteiger partial charge in [-0.1, -0.05) is 115 Å². The fourth-order valence-electron chi connectivity index (χ4n) is 8.29. The molecule has 0 radical (unpaired) electrons. The van der Waals surface area contributed by atoms with Crippen molar-refractivity contribution in [1.29, 1.82) is 0 Å². The van der Waals surface area contributed by atoms with Gasteiger partial charge in [0.05, 0.1) is 6.61 Å². The SMILES string of the molecule is CC1CCC(C(C)C)C(N(Cc2ccccc2CCOc2cccc3ccccc23)C2C[C@H](C)CCC2C(C)C)C1. The highest BCUT2D eigenvalue weighted by atomic mass is 16.5. The normalized spacial score (nSPS) is 27.1. The summed E-state index contributed by atoms with van der Waals surface area (Å²) < 4.78 is 6.43. The van der Waals surface area contributed by atoms with Crippen LogP contribution in [0.4, 0.5) is 0 Å². The van der Waals surface area contributed by atoms with Crippen LogP contribution in [0, 0.1) is 35.5 Å². The first-order valence-electron chi connectivity index (χ1n) is 16.7. The van der Waals surface area contributed by atoms with Crippen LogP contribution in [0.1, 0.15) is 91.2 Å². The van der Waals surface area contributed by atoms with Crippen molar-refractivity contribution in [2.24, 2.45) is 35.5 Å². The number of rotatable bonds is 10. The molecule has 2 aliphatic rings. The maximum atomic E-state index is 6.43. The van der Waals surface area contributed by atoms with Crippen molar-refractivity contribution in [2.45, 2.75) is 105 Å². The Morgan fingerprint density at radius 3 is 1.88 bits per heavy atom. The molecule has 41 heavy (non-hydrogen) atoms. The highest BCUT2D eigenvalue weighted by Crippen LogP contribution is 2.43. The fourth-order valence-corrected chi connectivity index (χ4v) is 8.29. The maximum absolute atomic E-state index is 6.43. The first kappa shape index (κ1) is 30.1. The van der Waals surface area contributed by atoms with E-state index in [9.17, 15) is 0 Å². The van der Waals surface area contributed by atoms with Gasteiger partial charge < -0.3 is 4.74 Å². The van der Waals surface area contributed by atoms with Crippen molar-refractivity contribution in [2.75, 3.05) is 6.61 Å². The second-order valence-electron chi connectivity index (χ2n) is 14.3. The number of hydrogen-bond acceptors (Lipinski definition) is 2. The van der Waals surface area contributed by atoms with E-state index in [-0.39, 0.29) is 0 Å². The lowest BCUT2D eigenvalue weighted by molar-refractivity contribution is -0.0284. The lowest BCUT2D eigenvalue weighted by atomic mass is 9.69. The van der Waals surface area contributed by atoms with Crippen LogP contribution in [0.25, 0.3) is 10.8 Å². The minimum Gasteiger partial charge on any atom is -0.493 e. The molecule has 2 heteroatoms. The Balaban J connectivity index is 1.41. The van der Waals surface area contributed by atoms with E-state index in [0.717, 1.165) is 54.2 Å². The molecule has 2 saturated carbocycles. The summed E-state index contributed by atoms with van der Waals surface area (Å²) in [5.41, 5.74) is 2.96. The van der Waals surface area contributed by atoms with E-state index < -0.39 is 0 Å². The molecule has 3 aromatic carbocycles. The standard InChI is InChI=1S/C39H55NO/c1-27(2)34-20-18-29(5)24-37(34)40(38-25-30(6)19-21-35(38)28(3)4)26-33-14-8-7-12-31(33)22-23-41-39-17-11-15-32-13-9-10-16-36(32)39/h7-17,27-30,34-35,37-38H,18-26H2,1-6H3/t29-,30?,34?,35?,37?,38?/m1/s1. The van der Waals surface area contributed by atoms with E-state index in [1.807, 2.05) is 0 Å². The number of hydrogen-bond donors (Lipinski definition) is 0. The molecule has 0 N–H and O–H groups in total. The molecule has 2 nitrogen and oxygen atoms in total. The van der Waals surface area contributed by atoms with Crippen LogP contribution in [0.2, 0.25) is 0 Å². The largest absolute Gasteiger partial charge is 0.493 e. The van der Waals surface area contributed by atoms with Gasteiger partial charge in [-0.05, 0) is 83.8 Å². The Labute approximate surface area is 250 Å². The molecule has 0 aromatic heterocycles. The Kier molecular flexibility index (Phi) is 10.1. The topological polar surface area (TPSA) is 12.5 Å². The second-order valence-corrected chi connectivity index (χ2v) is 14.3. The predicted molar refractivity (Wildman–Crippen MR) is 175 cm³/mol. The molecule has 0 heterocycles. The third kappa shape index (κ3) is 7.19. The monoisotopic (exact) mass is 553 g/mol. The van der Waals surface area contributed by atoms with Gasteiger partial charge in [0, 0.05) is 30.4 Å². The van der Waals surface area contributed by atoms with Crippen molar-refractivity contribution < 1.29 is 4.74 Å². The molecule has 0 amide bonds. The van der Waals surface area contributed by atoms with Gasteiger partial charge in [-0.25, -0.2) is 0 Å². The summed E-state index contributed by atoms with van der Waals surface area (Å²) in [6.45, 7) is 16.7. The number of nitrogens with zero attached hydrogens (tertiary/aromatic N) is 1. The van der Waals surface area contributed by atoms with Crippen LogP contribution >= 0.6 is 0 Å². The first-order valence-corrected chi connectivity index (χ1v) is 16.7. The average molecular weight is 554 g/mol. The third-order valence-electron chi connectivity index (χ3n) is 10.7. The van der Waals surface area contributed by atoms with Gasteiger partial charge in [-0.2, -0.15) is 0 Å². The molecule has 5 unspecified atom stereocenters. The predicted octanol–water partition coefficient (Wildman–Crippen LogP) is 10.2. The maximum Gasteiger partial charge on any atom is 0.127 e. The summed E-state index contributed by atoms with van der Waals surface area (Å²) in [4.78, 5) is 3.06. The van der Waals surface area contributed by atoms with Crippen LogP contribution in [0.15, 0.2) is 66.7 Å². The van der Waals surface area contributed by atoms with Crippen LogP contribution in [0.3, 0.4) is 0 Å². The minimum absolute atomic E-state index is 0.676. The Bertz CT molecular complexity index is 1210. The Morgan fingerprint density at radius 2 is 1.24 bits per heavy atom. The van der Waals surface area contributed by atoms with Gasteiger partial charge in [0.25, 0.3) is 0 Å². The number of ether oxygens (including phenoxy) is 1. The van der Waals surface area contributed by atoms with Crippen LogP contribution < -0.4 is 4.74 Å². The molecule has 3 aromatic rings. The van der Waals surface area contributed by atoms with Gasteiger partial charge in [-0.15, -0.1) is 0 Å². The zero-order chi connectivity index (χ0) is 28.9. The van der Waals surface area contributed by atoms with E-state index in [1.54, 1.807) is 0 Å². The highest BCUT2D eigenvalue weighted by Gasteiger charge is 2.42. The summed E-state index contributed by atoms with van der Waals surface area (Å²) in [5.74, 6) is 5.68. The molecule has 0 spiro atoms. The summed E-state index contributed by atoms with van der Waals surface area (Å²) in [6.07, 6.45) is 9.20. The summed E-state index contributed by atoms with van der Waals surface area (Å²) in [5, 5.41) is 2.44. The lowest BCUT2D eigenvalue weighted by Gasteiger charge is -2.52. The molecular weight excluding hydrogens is 498 g/mol. The summed E-state index contributed by atoms with van der Waals surface area (Å²) in [7, 11) is 0. The Morgan fingerprint density at radius 1 is 0.683 bits per heavy atom. The quantitative estimate of drug-likeness (QED) is 0.248. The fraction of sp³-hybridized carbons (Fsp3) is 0.590. The zero-order valence-corrected chi connectivity index (χ0v) is 26.7. The van der Waals surface area contributed by atoms with Crippen LogP contribution in [-0.4, -0.2) is 23.6 Å². The molecule has 0 aliphatic heterocycles. The zero-order valence-electron chi connectivity index (χ0n) is 26.7. The van der Waals surface area contributed by atoms with Gasteiger partial charge in [0.15, 0.2) is 0 Å². The van der Waals surface area contributed by atoms with Crippen LogP contribution in [-0.2, 0) is 13.0 Å². The van der Waals surface area contributed by atoms with Crippen molar-refractivity contribution >= 4 is 10.8 Å². The van der Waals surface area contributed by atoms with E-state index in [1.165, 1.54) is 60.4 Å². The van der Waals surface area contributed by atoms with Crippen LogP contribution in [0.5, 0.6) is 5.75 Å². The van der Waals surface area contributed by atoms with E-state index in [0.29, 0.717) is 18.7 Å². The van der Waals surface area contributed by atoms with E-state index in [4.69, 9.17) is 4.74 Å². The molecule has 0 saturated heterocycles. The minimum atomic E-state index is 0.676. The first-order chi connectivity index (χ1) is 19.8. The molecule has 222 valence electrons. The van der Waals surface area contributed by atoms with Crippen molar-refractivity contribution in [3.05, 3.63) is 77.9 Å². The molecule has 2 fully saturated rings. The number of fused-ring (bicyclic) bond motifs is 1. The molecule has 2 aliphatic carbocycles. The summed E-state index contributed by atoms with van der Waals surface area (Å²) in [6, 6.07) is 25.5. The van der Waals surface area contributed by atoms with Crippen molar-refractivity contribution in [1.82, 2.24) is 4.90 Å².